The minimum atomic E-state index is -0.444. The molecule has 3 aromatic carbocycles. The lowest BCUT2D eigenvalue weighted by Gasteiger charge is -2.12. The first-order chi connectivity index (χ1) is 14.5. The molecule has 0 spiro atoms. The van der Waals surface area contributed by atoms with E-state index in [9.17, 15) is 14.7 Å². The van der Waals surface area contributed by atoms with Crippen LogP contribution in [0.3, 0.4) is 0 Å². The summed E-state index contributed by atoms with van der Waals surface area (Å²) in [6.45, 7) is 1.72. The summed E-state index contributed by atoms with van der Waals surface area (Å²) >= 11 is 0. The highest BCUT2D eigenvalue weighted by atomic mass is 16.5. The molecule has 3 rings (SSSR count). The summed E-state index contributed by atoms with van der Waals surface area (Å²) in [5, 5.41) is 15.1. The molecule has 0 saturated carbocycles. The number of ether oxygens (including phenoxy) is 1. The highest BCUT2D eigenvalue weighted by Gasteiger charge is 2.14. The van der Waals surface area contributed by atoms with Gasteiger partial charge in [-0.3, -0.25) is 9.59 Å². The molecule has 6 nitrogen and oxygen atoms in total. The third kappa shape index (κ3) is 5.46. The molecule has 30 heavy (non-hydrogen) atoms. The van der Waals surface area contributed by atoms with Crippen LogP contribution in [-0.2, 0) is 6.42 Å². The zero-order valence-electron chi connectivity index (χ0n) is 16.9. The quantitative estimate of drug-likeness (QED) is 0.553. The zero-order chi connectivity index (χ0) is 21.5. The molecular weight excluding hydrogens is 380 g/mol. The number of nitrogens with one attached hydrogen (secondary N) is 2. The fourth-order valence-electron chi connectivity index (χ4n) is 2.99. The molecule has 0 aliphatic heterocycles. The van der Waals surface area contributed by atoms with Gasteiger partial charge in [-0.25, -0.2) is 0 Å². The van der Waals surface area contributed by atoms with E-state index in [1.807, 2.05) is 12.1 Å². The van der Waals surface area contributed by atoms with Gasteiger partial charge in [0.2, 0.25) is 0 Å². The second-order valence-electron chi connectivity index (χ2n) is 6.93. The summed E-state index contributed by atoms with van der Waals surface area (Å²) in [6.07, 6.45) is 0.0803. The van der Waals surface area contributed by atoms with Gasteiger partial charge in [-0.1, -0.05) is 24.3 Å². The van der Waals surface area contributed by atoms with Crippen molar-refractivity contribution in [2.75, 3.05) is 17.7 Å². The number of anilines is 2. The number of aliphatic hydroxyl groups excluding tert-OH is 1. The summed E-state index contributed by atoms with van der Waals surface area (Å²) in [6, 6.07) is 20.8. The fraction of sp³-hybridized carbons (Fsp3) is 0.167. The molecule has 2 amide bonds. The van der Waals surface area contributed by atoms with Crippen molar-refractivity contribution in [1.82, 2.24) is 0 Å². The maximum atomic E-state index is 12.7. The summed E-state index contributed by atoms with van der Waals surface area (Å²) in [5.41, 5.74) is 2.81. The highest BCUT2D eigenvalue weighted by Crippen LogP contribution is 2.20. The molecule has 1 atom stereocenters. The second-order valence-corrected chi connectivity index (χ2v) is 6.93. The van der Waals surface area contributed by atoms with E-state index in [2.05, 4.69) is 10.6 Å². The maximum absolute atomic E-state index is 12.7. The Morgan fingerprint density at radius 2 is 1.57 bits per heavy atom. The second kappa shape index (κ2) is 9.71. The van der Waals surface area contributed by atoms with E-state index in [1.54, 1.807) is 74.7 Å². The predicted molar refractivity (Wildman–Crippen MR) is 117 cm³/mol. The number of amides is 2. The van der Waals surface area contributed by atoms with E-state index >= 15 is 0 Å². The normalized spacial score (nSPS) is 11.4. The van der Waals surface area contributed by atoms with Crippen molar-refractivity contribution >= 4 is 23.2 Å². The molecule has 3 aromatic rings. The Morgan fingerprint density at radius 3 is 2.20 bits per heavy atom. The summed E-state index contributed by atoms with van der Waals surface area (Å²) < 4.78 is 5.12. The minimum absolute atomic E-state index is 0.316. The van der Waals surface area contributed by atoms with Gasteiger partial charge in [-0.2, -0.15) is 0 Å². The summed E-state index contributed by atoms with van der Waals surface area (Å²) in [7, 11) is 1.58. The molecule has 0 heterocycles. The first-order valence-electron chi connectivity index (χ1n) is 9.59. The number of carbonyl (C=O) groups excluding carboxylic acids is 2. The molecule has 0 aliphatic rings. The highest BCUT2D eigenvalue weighted by molar-refractivity contribution is 6.12. The molecule has 1 unspecified atom stereocenters. The van der Waals surface area contributed by atoms with Gasteiger partial charge in [0.25, 0.3) is 11.8 Å². The van der Waals surface area contributed by atoms with Gasteiger partial charge >= 0.3 is 0 Å². The van der Waals surface area contributed by atoms with E-state index in [4.69, 9.17) is 4.74 Å². The number of hydrogen-bond donors (Lipinski definition) is 3. The molecule has 0 saturated heterocycles. The van der Waals surface area contributed by atoms with Gasteiger partial charge in [0.15, 0.2) is 0 Å². The first kappa shape index (κ1) is 21.1. The predicted octanol–water partition coefficient (Wildman–Crippen LogP) is 4.12. The smallest absolute Gasteiger partial charge is 0.257 e. The van der Waals surface area contributed by atoms with Gasteiger partial charge in [0.05, 0.1) is 24.5 Å². The van der Waals surface area contributed by atoms with Crippen molar-refractivity contribution in [1.29, 1.82) is 0 Å². The molecule has 0 bridgehead atoms. The lowest BCUT2D eigenvalue weighted by molar-refractivity contribution is 0.102. The maximum Gasteiger partial charge on any atom is 0.257 e. The molecule has 0 radical (unpaired) electrons. The minimum Gasteiger partial charge on any atom is -0.497 e. The Labute approximate surface area is 175 Å². The lowest BCUT2D eigenvalue weighted by atomic mass is 10.1. The molecule has 0 aliphatic carbocycles. The number of para-hydroxylation sites is 1. The van der Waals surface area contributed by atoms with Crippen molar-refractivity contribution < 1.29 is 19.4 Å². The summed E-state index contributed by atoms with van der Waals surface area (Å²) in [4.78, 5) is 25.4. The van der Waals surface area contributed by atoms with Crippen molar-refractivity contribution in [3.63, 3.8) is 0 Å². The van der Waals surface area contributed by atoms with E-state index in [1.165, 1.54) is 0 Å². The number of hydrogen-bond acceptors (Lipinski definition) is 4. The number of carbonyl (C=O) groups is 2. The Bertz CT molecular complexity index is 1010. The van der Waals surface area contributed by atoms with Crippen molar-refractivity contribution in [3.05, 3.63) is 89.5 Å². The van der Waals surface area contributed by atoms with Crippen molar-refractivity contribution in [2.45, 2.75) is 19.4 Å². The fourth-order valence-corrected chi connectivity index (χ4v) is 2.99. The lowest BCUT2D eigenvalue weighted by Crippen LogP contribution is -2.18. The monoisotopic (exact) mass is 404 g/mol. The molecule has 154 valence electrons. The van der Waals surface area contributed by atoms with Gasteiger partial charge in [0, 0.05) is 11.3 Å². The van der Waals surface area contributed by atoms with Gasteiger partial charge in [-0.15, -0.1) is 0 Å². The SMILES string of the molecule is COc1ccc(NC(=O)c2ccccc2NC(=O)c2ccc(CC(C)O)cc2)cc1. The van der Waals surface area contributed by atoms with Crippen LogP contribution in [0, 0.1) is 0 Å². The van der Waals surface area contributed by atoms with E-state index < -0.39 is 6.10 Å². The van der Waals surface area contributed by atoms with Crippen LogP contribution >= 0.6 is 0 Å². The molecular formula is C24H24N2O4. The summed E-state index contributed by atoms with van der Waals surface area (Å²) in [5.74, 6) is 0.0479. The molecule has 3 N–H and O–H groups in total. The Hall–Kier alpha value is -3.64. The third-order valence-electron chi connectivity index (χ3n) is 4.52. The average molecular weight is 404 g/mol. The Morgan fingerprint density at radius 1 is 0.900 bits per heavy atom. The Kier molecular flexibility index (Phi) is 6.83. The van der Waals surface area contributed by atoms with Crippen LogP contribution in [-0.4, -0.2) is 30.1 Å². The van der Waals surface area contributed by atoms with Crippen LogP contribution in [0.2, 0.25) is 0 Å². The number of methoxy groups -OCH3 is 1. The van der Waals surface area contributed by atoms with E-state index in [0.29, 0.717) is 34.7 Å². The molecule has 0 aromatic heterocycles. The Balaban J connectivity index is 1.72. The number of rotatable bonds is 7. The van der Waals surface area contributed by atoms with Crippen LogP contribution in [0.25, 0.3) is 0 Å². The van der Waals surface area contributed by atoms with E-state index in [0.717, 1.165) is 5.56 Å². The topological polar surface area (TPSA) is 87.7 Å². The largest absolute Gasteiger partial charge is 0.497 e. The third-order valence-corrected chi connectivity index (χ3v) is 4.52. The van der Waals surface area contributed by atoms with E-state index in [-0.39, 0.29) is 11.8 Å². The first-order valence-corrected chi connectivity index (χ1v) is 9.59. The van der Waals surface area contributed by atoms with Crippen LogP contribution in [0.1, 0.15) is 33.2 Å². The number of aliphatic hydroxyl groups is 1. The van der Waals surface area contributed by atoms with Crippen LogP contribution in [0.5, 0.6) is 5.75 Å². The zero-order valence-corrected chi connectivity index (χ0v) is 16.9. The van der Waals surface area contributed by atoms with Crippen molar-refractivity contribution in [2.24, 2.45) is 0 Å². The van der Waals surface area contributed by atoms with Crippen LogP contribution < -0.4 is 15.4 Å². The molecule has 0 fully saturated rings. The van der Waals surface area contributed by atoms with Crippen molar-refractivity contribution in [3.8, 4) is 5.75 Å². The number of benzene rings is 3. The standard InChI is InChI=1S/C24H24N2O4/c1-16(27)15-17-7-9-18(10-8-17)23(28)26-22-6-4-3-5-21(22)24(29)25-19-11-13-20(30-2)14-12-19/h3-14,16,27H,15H2,1-2H3,(H,25,29)(H,26,28). The van der Waals surface area contributed by atoms with Gasteiger partial charge < -0.3 is 20.5 Å². The van der Waals surface area contributed by atoms with Crippen LogP contribution in [0.4, 0.5) is 11.4 Å². The average Bonchev–Trinajstić information content (AvgIpc) is 2.74. The van der Waals surface area contributed by atoms with Crippen LogP contribution in [0.15, 0.2) is 72.8 Å². The van der Waals surface area contributed by atoms with Gasteiger partial charge in [0.1, 0.15) is 5.75 Å². The van der Waals surface area contributed by atoms with Gasteiger partial charge in [-0.05, 0) is 67.4 Å². The molecule has 6 heteroatoms.